The van der Waals surface area contributed by atoms with E-state index in [0.29, 0.717) is 28.9 Å². The predicted octanol–water partition coefficient (Wildman–Crippen LogP) is 13.2. The van der Waals surface area contributed by atoms with Gasteiger partial charge in [-0.3, -0.25) is 0 Å². The number of hydrogen-bond donors (Lipinski definition) is 0. The lowest BCUT2D eigenvalue weighted by molar-refractivity contribution is 0.667. The Morgan fingerprint density at radius 3 is 1.77 bits per heavy atom. The van der Waals surface area contributed by atoms with Crippen molar-refractivity contribution >= 4 is 75.5 Å². The van der Waals surface area contributed by atoms with E-state index in [1.807, 2.05) is 97.1 Å². The smallest absolute Gasteiger partial charge is 0.180 e. The van der Waals surface area contributed by atoms with Crippen LogP contribution in [0.3, 0.4) is 0 Å². The summed E-state index contributed by atoms with van der Waals surface area (Å²) in [4.78, 5) is 25.6. The van der Waals surface area contributed by atoms with Crippen LogP contribution in [0.2, 0.25) is 0 Å². The van der Waals surface area contributed by atoms with Crippen molar-refractivity contribution in [3.8, 4) is 56.8 Å². The first-order chi connectivity index (χ1) is 28.2. The molecule has 0 saturated heterocycles. The van der Waals surface area contributed by atoms with E-state index in [9.17, 15) is 0 Å². The number of nitrogens with zero attached hydrogens (tertiary/aromatic N) is 5. The highest BCUT2D eigenvalue weighted by molar-refractivity contribution is 7.26. The fourth-order valence-corrected chi connectivity index (χ4v) is 9.07. The molecule has 7 aromatic carbocycles. The molecule has 8 heteroatoms. The van der Waals surface area contributed by atoms with E-state index in [2.05, 4.69) is 66.7 Å². The third-order valence-corrected chi connectivity index (χ3v) is 11.8. The molecule has 0 spiro atoms. The maximum absolute atomic E-state index is 6.43. The number of para-hydroxylation sites is 3. The molecule has 12 aromatic rings. The molecule has 0 amide bonds. The molecule has 57 heavy (non-hydrogen) atoms. The molecule has 7 nitrogen and oxygen atoms in total. The van der Waals surface area contributed by atoms with E-state index in [4.69, 9.17) is 33.8 Å². The first-order valence-corrected chi connectivity index (χ1v) is 19.5. The molecular weight excluding hydrogens is 723 g/mol. The first-order valence-electron chi connectivity index (χ1n) is 18.7. The zero-order valence-corrected chi connectivity index (χ0v) is 30.9. The van der Waals surface area contributed by atoms with Crippen LogP contribution in [-0.4, -0.2) is 24.9 Å². The molecule has 0 fully saturated rings. The summed E-state index contributed by atoms with van der Waals surface area (Å²) in [5.74, 6) is 2.38. The van der Waals surface area contributed by atoms with Gasteiger partial charge in [0.1, 0.15) is 28.0 Å². The Morgan fingerprint density at radius 2 is 0.965 bits per heavy atom. The van der Waals surface area contributed by atoms with Gasteiger partial charge in [0.25, 0.3) is 0 Å². The van der Waals surface area contributed by atoms with Gasteiger partial charge in [0, 0.05) is 58.6 Å². The minimum atomic E-state index is 0.551. The molecule has 12 rings (SSSR count). The third-order valence-electron chi connectivity index (χ3n) is 10.6. The SMILES string of the molecule is c1ccc(-c2nc(-c3ccc4sc5c(-c6nc(-c7ccccc7)c7oc8ccccc8c7n6)cccc5c4c3)nc(-c3cccc4c3oc3ccccc34)n2)cc1. The van der Waals surface area contributed by atoms with Gasteiger partial charge in [-0.05, 0) is 48.5 Å². The van der Waals surface area contributed by atoms with E-state index in [-0.39, 0.29) is 0 Å². The van der Waals surface area contributed by atoms with Crippen molar-refractivity contribution in [3.05, 3.63) is 164 Å². The Morgan fingerprint density at radius 1 is 0.368 bits per heavy atom. The van der Waals surface area contributed by atoms with E-state index < -0.39 is 0 Å². The molecule has 0 N–H and O–H groups in total. The van der Waals surface area contributed by atoms with Gasteiger partial charge in [0.05, 0.1) is 5.56 Å². The molecule has 0 bridgehead atoms. The van der Waals surface area contributed by atoms with E-state index in [1.165, 1.54) is 0 Å². The van der Waals surface area contributed by atoms with Crippen molar-refractivity contribution in [3.63, 3.8) is 0 Å². The van der Waals surface area contributed by atoms with Crippen molar-refractivity contribution in [2.75, 3.05) is 0 Å². The molecule has 0 aliphatic carbocycles. The average molecular weight is 750 g/mol. The van der Waals surface area contributed by atoms with E-state index in [1.54, 1.807) is 11.3 Å². The molecule has 0 atom stereocenters. The number of benzene rings is 7. The molecule has 0 saturated carbocycles. The summed E-state index contributed by atoms with van der Waals surface area (Å²) in [6, 6.07) is 55.3. The van der Waals surface area contributed by atoms with Gasteiger partial charge in [0.2, 0.25) is 0 Å². The van der Waals surface area contributed by atoms with Crippen molar-refractivity contribution in [2.45, 2.75) is 0 Å². The molecule has 0 aliphatic rings. The Kier molecular flexibility index (Phi) is 6.96. The van der Waals surface area contributed by atoms with Gasteiger partial charge >= 0.3 is 0 Å². The second kappa shape index (κ2) is 12.5. The number of aromatic nitrogens is 5. The number of thiophene rings is 1. The maximum Gasteiger partial charge on any atom is 0.180 e. The second-order valence-corrected chi connectivity index (χ2v) is 15.0. The Hall–Kier alpha value is -7.55. The molecule has 0 radical (unpaired) electrons. The summed E-state index contributed by atoms with van der Waals surface area (Å²) < 4.78 is 15.1. The van der Waals surface area contributed by atoms with Crippen LogP contribution in [0, 0.1) is 0 Å². The van der Waals surface area contributed by atoms with Crippen molar-refractivity contribution in [2.24, 2.45) is 0 Å². The molecule has 0 aliphatic heterocycles. The first kappa shape index (κ1) is 31.8. The number of furan rings is 2. The Labute approximate surface area is 328 Å². The van der Waals surface area contributed by atoms with Crippen LogP contribution in [0.4, 0.5) is 0 Å². The molecular formula is C49H27N5O2S. The zero-order chi connectivity index (χ0) is 37.5. The standard InChI is InChI=1S/C49H27N5O2S/c1-3-13-28(14-4-1)41-44-42(34-18-8-10-24-39(34)56-44)51-49(50-41)36-22-12-20-33-37-27-30(25-26-40(37)57-45(33)36)47-52-46(29-15-5-2-6-16-29)53-48(54-47)35-21-11-19-32-31-17-7-9-23-38(31)55-43(32)35/h1-27H. The predicted molar refractivity (Wildman–Crippen MR) is 230 cm³/mol. The molecule has 0 unspecified atom stereocenters. The maximum atomic E-state index is 6.43. The van der Waals surface area contributed by atoms with Crippen LogP contribution in [-0.2, 0) is 0 Å². The zero-order valence-electron chi connectivity index (χ0n) is 30.0. The molecule has 266 valence electrons. The van der Waals surface area contributed by atoms with E-state index in [0.717, 1.165) is 92.1 Å². The average Bonchev–Trinajstić information content (AvgIpc) is 3.98. The molecule has 5 heterocycles. The molecule has 5 aromatic heterocycles. The van der Waals surface area contributed by atoms with Gasteiger partial charge in [-0.2, -0.15) is 0 Å². The summed E-state index contributed by atoms with van der Waals surface area (Å²) in [6.45, 7) is 0. The van der Waals surface area contributed by atoms with Crippen LogP contribution < -0.4 is 0 Å². The minimum absolute atomic E-state index is 0.551. The Balaban J connectivity index is 1.04. The summed E-state index contributed by atoms with van der Waals surface area (Å²) in [7, 11) is 0. The topological polar surface area (TPSA) is 90.7 Å². The summed E-state index contributed by atoms with van der Waals surface area (Å²) in [6.07, 6.45) is 0. The van der Waals surface area contributed by atoms with Crippen molar-refractivity contribution in [1.29, 1.82) is 0 Å². The summed E-state index contributed by atoms with van der Waals surface area (Å²) in [5.41, 5.74) is 9.16. The highest BCUT2D eigenvalue weighted by Crippen LogP contribution is 2.43. The normalized spacial score (nSPS) is 11.9. The van der Waals surface area contributed by atoms with Crippen LogP contribution in [0.15, 0.2) is 173 Å². The van der Waals surface area contributed by atoms with Crippen LogP contribution in [0.1, 0.15) is 0 Å². The Bertz CT molecular complexity index is 3540. The van der Waals surface area contributed by atoms with Gasteiger partial charge in [0.15, 0.2) is 28.9 Å². The van der Waals surface area contributed by atoms with Gasteiger partial charge in [-0.1, -0.05) is 115 Å². The lowest BCUT2D eigenvalue weighted by Gasteiger charge is -2.09. The van der Waals surface area contributed by atoms with Gasteiger partial charge in [-0.15, -0.1) is 11.3 Å². The van der Waals surface area contributed by atoms with Crippen molar-refractivity contribution in [1.82, 2.24) is 24.9 Å². The number of fused-ring (bicyclic) bond motifs is 9. The largest absolute Gasteiger partial charge is 0.455 e. The summed E-state index contributed by atoms with van der Waals surface area (Å²) in [5, 5.41) is 5.26. The third kappa shape index (κ3) is 5.08. The number of hydrogen-bond acceptors (Lipinski definition) is 8. The van der Waals surface area contributed by atoms with Crippen LogP contribution in [0.25, 0.3) is 121 Å². The lowest BCUT2D eigenvalue weighted by atomic mass is 10.1. The van der Waals surface area contributed by atoms with Gasteiger partial charge in [-0.25, -0.2) is 24.9 Å². The minimum Gasteiger partial charge on any atom is -0.455 e. The fourth-order valence-electron chi connectivity index (χ4n) is 7.88. The quantitative estimate of drug-likeness (QED) is 0.173. The van der Waals surface area contributed by atoms with Crippen LogP contribution in [0.5, 0.6) is 0 Å². The lowest BCUT2D eigenvalue weighted by Crippen LogP contribution is -2.00. The highest BCUT2D eigenvalue weighted by atomic mass is 32.1. The highest BCUT2D eigenvalue weighted by Gasteiger charge is 2.22. The fraction of sp³-hybridized carbons (Fsp3) is 0. The monoisotopic (exact) mass is 749 g/mol. The number of rotatable bonds is 5. The van der Waals surface area contributed by atoms with E-state index >= 15 is 0 Å². The van der Waals surface area contributed by atoms with Crippen LogP contribution >= 0.6 is 11.3 Å². The van der Waals surface area contributed by atoms with Crippen molar-refractivity contribution < 1.29 is 8.83 Å². The van der Waals surface area contributed by atoms with Gasteiger partial charge < -0.3 is 8.83 Å². The summed E-state index contributed by atoms with van der Waals surface area (Å²) >= 11 is 1.73. The second-order valence-electron chi connectivity index (χ2n) is 14.0.